The number of aromatic nitrogens is 1. The molecule has 1 atom stereocenters. The zero-order chi connectivity index (χ0) is 28.7. The van der Waals surface area contributed by atoms with Gasteiger partial charge in [0.2, 0.25) is 0 Å². The van der Waals surface area contributed by atoms with E-state index in [1.54, 1.807) is 36.1 Å². The number of hydrogen-bond acceptors (Lipinski definition) is 8. The van der Waals surface area contributed by atoms with Crippen LogP contribution in [0, 0.1) is 11.3 Å². The number of alkyl halides is 3. The van der Waals surface area contributed by atoms with Crippen LogP contribution in [0.15, 0.2) is 36.5 Å². The van der Waals surface area contributed by atoms with Gasteiger partial charge >= 0.3 is 12.3 Å². The van der Waals surface area contributed by atoms with Gasteiger partial charge in [0.25, 0.3) is 5.91 Å². The number of pyridine rings is 1. The number of ether oxygens (including phenoxy) is 2. The monoisotopic (exact) mass is 575 g/mol. The molecule has 1 unspecified atom stereocenters. The van der Waals surface area contributed by atoms with Gasteiger partial charge in [0.1, 0.15) is 23.5 Å². The number of carbonyl (C=O) groups excluding carboxylic acids is 2. The molecule has 212 valence electrons. The minimum absolute atomic E-state index is 0.0669. The number of nitriles is 1. The number of halogens is 3. The summed E-state index contributed by atoms with van der Waals surface area (Å²) in [5.41, 5.74) is -3.16. The third kappa shape index (κ3) is 4.89. The molecule has 3 fully saturated rings. The molecule has 2 saturated heterocycles. The molecular weight excluding hydrogens is 547 g/mol. The molecule has 1 saturated carbocycles. The molecular formula is C27H28F3N5O4S. The van der Waals surface area contributed by atoms with Crippen LogP contribution >= 0.6 is 12.6 Å². The predicted octanol–water partition coefficient (Wildman–Crippen LogP) is 4.96. The molecule has 0 N–H and O–H groups in total. The standard InChI is InChI=1S/C27H28F3N5O4S/c1-2-38-25(37)33-12-8-20(9-13-33)39-19-6-4-17(5-7-19)35-24(40)34(23(36)26(35)10-3-11-26)18-14-21(27(28,29)30)22(15-31)32-16-18/h4-7,14,16,20,24,40H,2-3,8-13H2,1H3. The molecule has 1 aromatic heterocycles. The highest BCUT2D eigenvalue weighted by molar-refractivity contribution is 7.81. The molecule has 3 aliphatic rings. The molecule has 13 heteroatoms. The van der Waals surface area contributed by atoms with Gasteiger partial charge in [-0.05, 0) is 56.5 Å². The van der Waals surface area contributed by atoms with E-state index in [1.807, 2.05) is 4.90 Å². The number of carbonyl (C=O) groups is 2. The minimum atomic E-state index is -4.80. The first-order valence-corrected chi connectivity index (χ1v) is 13.6. The third-order valence-electron chi connectivity index (χ3n) is 7.67. The largest absolute Gasteiger partial charge is 0.490 e. The summed E-state index contributed by atoms with van der Waals surface area (Å²) in [4.78, 5) is 34.0. The number of nitrogens with zero attached hydrogens (tertiary/aromatic N) is 5. The highest BCUT2D eigenvalue weighted by atomic mass is 32.1. The van der Waals surface area contributed by atoms with Crippen LogP contribution in [-0.4, -0.2) is 58.7 Å². The van der Waals surface area contributed by atoms with Crippen molar-refractivity contribution in [1.82, 2.24) is 9.88 Å². The van der Waals surface area contributed by atoms with Gasteiger partial charge in [0.05, 0.1) is 24.1 Å². The first-order valence-electron chi connectivity index (χ1n) is 13.1. The number of piperidine rings is 1. The van der Waals surface area contributed by atoms with Crippen molar-refractivity contribution in [3.8, 4) is 11.8 Å². The van der Waals surface area contributed by atoms with Crippen LogP contribution in [0.5, 0.6) is 5.75 Å². The van der Waals surface area contributed by atoms with E-state index >= 15 is 0 Å². The number of hydrogen-bond donors (Lipinski definition) is 1. The zero-order valence-corrected chi connectivity index (χ0v) is 22.6. The molecule has 40 heavy (non-hydrogen) atoms. The Morgan fingerprint density at radius 1 is 1.20 bits per heavy atom. The maximum Gasteiger partial charge on any atom is 0.419 e. The Morgan fingerprint density at radius 2 is 1.88 bits per heavy atom. The Kier molecular flexibility index (Phi) is 7.48. The topological polar surface area (TPSA) is 99.0 Å². The second-order valence-electron chi connectivity index (χ2n) is 9.97. The Balaban J connectivity index is 1.34. The van der Waals surface area contributed by atoms with E-state index in [0.29, 0.717) is 56.8 Å². The van der Waals surface area contributed by atoms with Crippen molar-refractivity contribution in [2.75, 3.05) is 29.5 Å². The molecule has 9 nitrogen and oxygen atoms in total. The summed E-state index contributed by atoms with van der Waals surface area (Å²) >= 11 is 4.68. The SMILES string of the molecule is CCOC(=O)N1CCC(Oc2ccc(N3C(S)N(c4cnc(C#N)c(C(F)(F)F)c4)C(=O)C34CCC4)cc2)CC1. The molecule has 0 bridgehead atoms. The van der Waals surface area contributed by atoms with Crippen molar-refractivity contribution < 1.29 is 32.2 Å². The van der Waals surface area contributed by atoms with Crippen LogP contribution in [0.3, 0.4) is 0 Å². The average molecular weight is 576 g/mol. The van der Waals surface area contributed by atoms with Crippen molar-refractivity contribution in [3.63, 3.8) is 0 Å². The molecule has 2 aliphatic heterocycles. The van der Waals surface area contributed by atoms with Crippen molar-refractivity contribution in [1.29, 1.82) is 5.26 Å². The number of amides is 2. The summed E-state index contributed by atoms with van der Waals surface area (Å²) in [6.45, 7) is 3.17. The molecule has 2 aromatic rings. The van der Waals surface area contributed by atoms with Crippen LogP contribution in [0.25, 0.3) is 0 Å². The predicted molar refractivity (Wildman–Crippen MR) is 142 cm³/mol. The molecule has 1 spiro atoms. The van der Waals surface area contributed by atoms with E-state index in [-0.39, 0.29) is 23.8 Å². The molecule has 0 radical (unpaired) electrons. The van der Waals surface area contributed by atoms with Crippen LogP contribution in [-0.2, 0) is 15.7 Å². The summed E-state index contributed by atoms with van der Waals surface area (Å²) in [6.07, 6.45) is -0.898. The fourth-order valence-corrected chi connectivity index (χ4v) is 6.10. The summed E-state index contributed by atoms with van der Waals surface area (Å²) in [5.74, 6) is 0.275. The van der Waals surface area contributed by atoms with Gasteiger partial charge in [-0.2, -0.15) is 18.4 Å². The lowest BCUT2D eigenvalue weighted by atomic mass is 9.75. The molecule has 1 aromatic carbocycles. The summed E-state index contributed by atoms with van der Waals surface area (Å²) in [7, 11) is 0. The van der Waals surface area contributed by atoms with E-state index in [9.17, 15) is 22.8 Å². The molecule has 1 aliphatic carbocycles. The Hall–Kier alpha value is -3.66. The van der Waals surface area contributed by atoms with E-state index in [0.717, 1.165) is 18.7 Å². The van der Waals surface area contributed by atoms with Gasteiger partial charge in [0, 0.05) is 31.6 Å². The maximum absolute atomic E-state index is 13.7. The van der Waals surface area contributed by atoms with Gasteiger partial charge in [-0.1, -0.05) is 0 Å². The van der Waals surface area contributed by atoms with E-state index in [2.05, 4.69) is 17.6 Å². The fourth-order valence-electron chi connectivity index (χ4n) is 5.51. The van der Waals surface area contributed by atoms with Crippen molar-refractivity contribution in [3.05, 3.63) is 47.8 Å². The summed E-state index contributed by atoms with van der Waals surface area (Å²) in [5, 5.41) is 9.09. The number of anilines is 2. The molecule has 5 rings (SSSR count). The number of likely N-dealkylation sites (tertiary alicyclic amines) is 1. The normalized spacial score (nSPS) is 20.9. The van der Waals surface area contributed by atoms with E-state index < -0.39 is 28.5 Å². The second-order valence-corrected chi connectivity index (χ2v) is 10.4. The Morgan fingerprint density at radius 3 is 2.42 bits per heavy atom. The maximum atomic E-state index is 13.7. The summed E-state index contributed by atoms with van der Waals surface area (Å²) in [6, 6.07) is 9.44. The van der Waals surface area contributed by atoms with Crippen molar-refractivity contribution in [2.24, 2.45) is 0 Å². The number of benzene rings is 1. The molecule has 2 amide bonds. The van der Waals surface area contributed by atoms with Crippen LogP contribution in [0.1, 0.15) is 50.3 Å². The smallest absolute Gasteiger partial charge is 0.419 e. The minimum Gasteiger partial charge on any atom is -0.490 e. The van der Waals surface area contributed by atoms with E-state index in [4.69, 9.17) is 14.7 Å². The lowest BCUT2D eigenvalue weighted by molar-refractivity contribution is -0.138. The van der Waals surface area contributed by atoms with Gasteiger partial charge in [0.15, 0.2) is 11.2 Å². The molecule has 3 heterocycles. The van der Waals surface area contributed by atoms with Gasteiger partial charge in [-0.3, -0.25) is 9.69 Å². The van der Waals surface area contributed by atoms with Crippen LogP contribution in [0.4, 0.5) is 29.3 Å². The highest BCUT2D eigenvalue weighted by Crippen LogP contribution is 2.50. The summed E-state index contributed by atoms with van der Waals surface area (Å²) < 4.78 is 52.0. The number of rotatable bonds is 5. The van der Waals surface area contributed by atoms with Crippen molar-refractivity contribution in [2.45, 2.75) is 62.3 Å². The highest BCUT2D eigenvalue weighted by Gasteiger charge is 2.60. The first kappa shape index (κ1) is 27.9. The first-order chi connectivity index (χ1) is 19.1. The van der Waals surface area contributed by atoms with Crippen LogP contribution < -0.4 is 14.5 Å². The van der Waals surface area contributed by atoms with Gasteiger partial charge in [-0.15, -0.1) is 12.6 Å². The fraction of sp³-hybridized carbons (Fsp3) is 0.481. The van der Waals surface area contributed by atoms with E-state index in [1.165, 1.54) is 11.0 Å². The zero-order valence-electron chi connectivity index (χ0n) is 21.7. The third-order valence-corrected chi connectivity index (χ3v) is 8.13. The Bertz CT molecular complexity index is 1320. The van der Waals surface area contributed by atoms with Gasteiger partial charge in [-0.25, -0.2) is 9.78 Å². The Labute approximate surface area is 234 Å². The number of thiol groups is 1. The van der Waals surface area contributed by atoms with Crippen LogP contribution in [0.2, 0.25) is 0 Å². The van der Waals surface area contributed by atoms with Crippen molar-refractivity contribution >= 4 is 36.0 Å². The lowest BCUT2D eigenvalue weighted by Crippen LogP contribution is -2.55. The average Bonchev–Trinajstić information content (AvgIpc) is 3.15. The van der Waals surface area contributed by atoms with Gasteiger partial charge < -0.3 is 19.3 Å². The lowest BCUT2D eigenvalue weighted by Gasteiger charge is -2.44. The quantitative estimate of drug-likeness (QED) is 0.503. The second kappa shape index (κ2) is 10.7.